The quantitative estimate of drug-likeness (QED) is 0.898. The molecule has 0 radical (unpaired) electrons. The van der Waals surface area contributed by atoms with Crippen LogP contribution in [-0.2, 0) is 13.0 Å². The number of H-pyrrole nitrogens is 1. The van der Waals surface area contributed by atoms with Crippen LogP contribution in [-0.4, -0.2) is 37.4 Å². The van der Waals surface area contributed by atoms with E-state index in [2.05, 4.69) is 47.5 Å². The molecular weight excluding hydrogens is 238 g/mol. The minimum atomic E-state index is 0.375. The smallest absolute Gasteiger partial charge is 0.197 e. The number of nitrogens with zero attached hydrogens (tertiary/aromatic N) is 4. The number of hydrogen-bond acceptors (Lipinski definition) is 4. The van der Waals surface area contributed by atoms with Gasteiger partial charge in [-0.05, 0) is 13.8 Å². The minimum absolute atomic E-state index is 0.375. The normalized spacial score (nSPS) is 16.5. The zero-order chi connectivity index (χ0) is 13.6. The van der Waals surface area contributed by atoms with E-state index in [0.717, 1.165) is 48.0 Å². The van der Waals surface area contributed by atoms with E-state index in [4.69, 9.17) is 4.98 Å². The molecule has 3 heterocycles. The predicted molar refractivity (Wildman–Crippen MR) is 75.0 cm³/mol. The third-order valence-electron chi connectivity index (χ3n) is 3.77. The van der Waals surface area contributed by atoms with Crippen LogP contribution in [0, 0.1) is 0 Å². The van der Waals surface area contributed by atoms with Gasteiger partial charge in [0.15, 0.2) is 11.3 Å². The average Bonchev–Trinajstić information content (AvgIpc) is 2.78. The summed E-state index contributed by atoms with van der Waals surface area (Å²) >= 11 is 0. The summed E-state index contributed by atoms with van der Waals surface area (Å²) < 4.78 is 0. The number of rotatable bonds is 2. The molecule has 0 fully saturated rings. The molecule has 0 bridgehead atoms. The first kappa shape index (κ1) is 12.5. The summed E-state index contributed by atoms with van der Waals surface area (Å²) in [6.45, 7) is 10.7. The van der Waals surface area contributed by atoms with Gasteiger partial charge in [0.2, 0.25) is 0 Å². The Kier molecular flexibility index (Phi) is 3.01. The minimum Gasteiger partial charge on any atom is -0.325 e. The molecule has 2 aromatic heterocycles. The van der Waals surface area contributed by atoms with Gasteiger partial charge < -0.3 is 4.98 Å². The topological polar surface area (TPSA) is 57.7 Å². The molecule has 0 aliphatic carbocycles. The van der Waals surface area contributed by atoms with E-state index in [1.165, 1.54) is 0 Å². The zero-order valence-corrected chi connectivity index (χ0v) is 12.1. The summed E-state index contributed by atoms with van der Waals surface area (Å²) in [5.41, 5.74) is 3.81. The van der Waals surface area contributed by atoms with E-state index in [1.54, 1.807) is 0 Å². The molecule has 1 aliphatic rings. The number of aromatic amines is 1. The largest absolute Gasteiger partial charge is 0.325 e. The first-order valence-corrected chi connectivity index (χ1v) is 7.04. The Hall–Kier alpha value is -1.49. The molecule has 1 N–H and O–H groups in total. The van der Waals surface area contributed by atoms with Crippen LogP contribution in [0.4, 0.5) is 0 Å². The van der Waals surface area contributed by atoms with Crippen LogP contribution >= 0.6 is 0 Å². The number of imidazole rings is 1. The van der Waals surface area contributed by atoms with Crippen LogP contribution < -0.4 is 0 Å². The Labute approximate surface area is 113 Å². The second kappa shape index (κ2) is 4.56. The first-order valence-electron chi connectivity index (χ1n) is 7.04. The van der Waals surface area contributed by atoms with Crippen molar-refractivity contribution in [2.75, 3.05) is 6.54 Å². The molecule has 102 valence electrons. The number of fused-ring (bicyclic) bond motifs is 2. The molecule has 0 spiro atoms. The van der Waals surface area contributed by atoms with Gasteiger partial charge in [-0.3, -0.25) is 4.90 Å². The summed E-state index contributed by atoms with van der Waals surface area (Å²) in [5, 5.41) is 0. The highest BCUT2D eigenvalue weighted by Gasteiger charge is 2.22. The van der Waals surface area contributed by atoms with Crippen molar-refractivity contribution in [2.45, 2.75) is 52.6 Å². The van der Waals surface area contributed by atoms with Crippen molar-refractivity contribution in [3.63, 3.8) is 0 Å². The second-order valence-electron chi connectivity index (χ2n) is 5.88. The fourth-order valence-electron chi connectivity index (χ4n) is 2.48. The molecule has 19 heavy (non-hydrogen) atoms. The van der Waals surface area contributed by atoms with Crippen molar-refractivity contribution >= 4 is 11.3 Å². The van der Waals surface area contributed by atoms with E-state index in [1.807, 2.05) is 0 Å². The van der Waals surface area contributed by atoms with Crippen molar-refractivity contribution in [2.24, 2.45) is 0 Å². The molecule has 0 unspecified atom stereocenters. The Balaban J connectivity index is 2.01. The lowest BCUT2D eigenvalue weighted by molar-refractivity contribution is 0.199. The van der Waals surface area contributed by atoms with E-state index in [9.17, 15) is 0 Å². The van der Waals surface area contributed by atoms with E-state index >= 15 is 0 Å². The van der Waals surface area contributed by atoms with Crippen molar-refractivity contribution < 1.29 is 0 Å². The summed E-state index contributed by atoms with van der Waals surface area (Å²) in [6, 6.07) is 0.554. The van der Waals surface area contributed by atoms with Crippen LogP contribution in [0.25, 0.3) is 11.3 Å². The summed E-state index contributed by atoms with van der Waals surface area (Å²) in [5.74, 6) is 1.35. The maximum Gasteiger partial charge on any atom is 0.197 e. The molecule has 0 saturated heterocycles. The van der Waals surface area contributed by atoms with Crippen LogP contribution in [0.1, 0.15) is 50.8 Å². The molecule has 0 saturated carbocycles. The standard InChI is InChI=1S/C14H21N5/c1-8(2)12-17-13-14(18-12)16-11-7-19(9(3)4)6-5-10(11)15-13/h8-9H,5-7H2,1-4H3,(H,15,16,17,18). The van der Waals surface area contributed by atoms with Gasteiger partial charge in [-0.2, -0.15) is 0 Å². The third kappa shape index (κ3) is 2.23. The zero-order valence-electron chi connectivity index (χ0n) is 12.1. The summed E-state index contributed by atoms with van der Waals surface area (Å²) in [6.07, 6.45) is 0.973. The van der Waals surface area contributed by atoms with Crippen LogP contribution in [0.5, 0.6) is 0 Å². The van der Waals surface area contributed by atoms with Gasteiger partial charge in [0, 0.05) is 31.5 Å². The van der Waals surface area contributed by atoms with Crippen molar-refractivity contribution in [3.8, 4) is 0 Å². The highest BCUT2D eigenvalue weighted by Crippen LogP contribution is 2.21. The number of nitrogens with one attached hydrogen (secondary N) is 1. The molecule has 5 heteroatoms. The SMILES string of the molecule is CC(C)c1nc2nc3c(nc2[nH]1)CN(C(C)C)CC3. The number of hydrogen-bond donors (Lipinski definition) is 1. The molecule has 1 aliphatic heterocycles. The predicted octanol–water partition coefficient (Wildman–Crippen LogP) is 2.24. The van der Waals surface area contributed by atoms with Crippen LogP contribution in [0.2, 0.25) is 0 Å². The Morgan fingerprint density at radius 2 is 1.84 bits per heavy atom. The van der Waals surface area contributed by atoms with E-state index in [-0.39, 0.29) is 0 Å². The number of aromatic nitrogens is 4. The molecular formula is C14H21N5. The average molecular weight is 259 g/mol. The summed E-state index contributed by atoms with van der Waals surface area (Å²) in [4.78, 5) is 19.7. The lowest BCUT2D eigenvalue weighted by atomic mass is 10.1. The van der Waals surface area contributed by atoms with Gasteiger partial charge in [0.1, 0.15) is 5.82 Å². The van der Waals surface area contributed by atoms with Gasteiger partial charge in [0.25, 0.3) is 0 Å². The van der Waals surface area contributed by atoms with Crippen molar-refractivity contribution in [1.29, 1.82) is 0 Å². The molecule has 0 atom stereocenters. The van der Waals surface area contributed by atoms with Crippen LogP contribution in [0.3, 0.4) is 0 Å². The van der Waals surface area contributed by atoms with E-state index < -0.39 is 0 Å². The maximum absolute atomic E-state index is 4.73. The summed E-state index contributed by atoms with van der Waals surface area (Å²) in [7, 11) is 0. The maximum atomic E-state index is 4.73. The first-order chi connectivity index (χ1) is 9.04. The molecule has 3 rings (SSSR count). The van der Waals surface area contributed by atoms with Gasteiger partial charge in [-0.1, -0.05) is 13.8 Å². The van der Waals surface area contributed by atoms with Crippen molar-refractivity contribution in [1.82, 2.24) is 24.8 Å². The molecule has 2 aromatic rings. The second-order valence-corrected chi connectivity index (χ2v) is 5.88. The van der Waals surface area contributed by atoms with Gasteiger partial charge in [-0.15, -0.1) is 0 Å². The molecule has 0 aromatic carbocycles. The highest BCUT2D eigenvalue weighted by molar-refractivity contribution is 5.66. The molecule has 0 amide bonds. The Morgan fingerprint density at radius 1 is 1.05 bits per heavy atom. The lowest BCUT2D eigenvalue weighted by Crippen LogP contribution is -2.36. The fraction of sp³-hybridized carbons (Fsp3) is 0.643. The van der Waals surface area contributed by atoms with Gasteiger partial charge in [0.05, 0.1) is 11.4 Å². The lowest BCUT2D eigenvalue weighted by Gasteiger charge is -2.30. The fourth-order valence-corrected chi connectivity index (χ4v) is 2.48. The third-order valence-corrected chi connectivity index (χ3v) is 3.77. The Morgan fingerprint density at radius 3 is 2.53 bits per heavy atom. The monoisotopic (exact) mass is 259 g/mol. The van der Waals surface area contributed by atoms with Gasteiger partial charge in [-0.25, -0.2) is 15.0 Å². The highest BCUT2D eigenvalue weighted by atomic mass is 15.2. The Bertz CT molecular complexity index is 599. The molecule has 5 nitrogen and oxygen atoms in total. The van der Waals surface area contributed by atoms with Gasteiger partial charge >= 0.3 is 0 Å². The van der Waals surface area contributed by atoms with E-state index in [0.29, 0.717) is 12.0 Å². The van der Waals surface area contributed by atoms with Crippen LogP contribution in [0.15, 0.2) is 0 Å². The van der Waals surface area contributed by atoms with Crippen molar-refractivity contribution in [3.05, 3.63) is 17.2 Å².